The van der Waals surface area contributed by atoms with E-state index >= 15 is 0 Å². The van der Waals surface area contributed by atoms with Gasteiger partial charge in [0.25, 0.3) is 0 Å². The van der Waals surface area contributed by atoms with Crippen LogP contribution >= 0.6 is 11.6 Å². The van der Waals surface area contributed by atoms with Crippen LogP contribution in [0.4, 0.5) is 5.69 Å². The van der Waals surface area contributed by atoms with Crippen LogP contribution in [0, 0.1) is 0 Å². The zero-order valence-electron chi connectivity index (χ0n) is 11.2. The van der Waals surface area contributed by atoms with Gasteiger partial charge in [-0.15, -0.1) is 0 Å². The van der Waals surface area contributed by atoms with Gasteiger partial charge in [0.05, 0.1) is 24.6 Å². The highest BCUT2D eigenvalue weighted by Gasteiger charge is 2.14. The zero-order valence-corrected chi connectivity index (χ0v) is 11.9. The zero-order chi connectivity index (χ0) is 14.8. The van der Waals surface area contributed by atoms with Crippen LogP contribution in [-0.2, 0) is 6.54 Å². The molecule has 0 saturated carbocycles. The van der Waals surface area contributed by atoms with Crippen LogP contribution in [0.3, 0.4) is 0 Å². The van der Waals surface area contributed by atoms with E-state index in [1.165, 1.54) is 0 Å². The van der Waals surface area contributed by atoms with Crippen molar-refractivity contribution in [3.05, 3.63) is 41.5 Å². The van der Waals surface area contributed by atoms with Gasteiger partial charge in [0.15, 0.2) is 0 Å². The maximum Gasteiger partial charge on any atom is 0.248 e. The Labute approximate surface area is 125 Å². The third-order valence-electron chi connectivity index (χ3n) is 2.82. The number of nitrogen functional groups attached to an aromatic ring is 1. The number of nitrogens with two attached hydrogens (primary N) is 1. The molecule has 2 aromatic heterocycles. The fraction of sp³-hybridized carbons (Fsp3) is 0.154. The molecule has 0 saturated heterocycles. The molecule has 0 fully saturated rings. The molecular formula is C13H12ClN5O2. The van der Waals surface area contributed by atoms with Crippen molar-refractivity contribution in [1.29, 1.82) is 0 Å². The summed E-state index contributed by atoms with van der Waals surface area (Å²) in [4.78, 5) is 4.32. The van der Waals surface area contributed by atoms with Gasteiger partial charge >= 0.3 is 0 Å². The standard InChI is InChI=1S/C13H12ClN5O2/c1-20-11-4-8(14)2-3-10(11)13-17-12(21-18-13)7-19-6-9(15)5-16-19/h2-6H,7,15H2,1H3. The molecule has 0 spiro atoms. The number of benzene rings is 1. The topological polar surface area (TPSA) is 92.0 Å². The van der Waals surface area contributed by atoms with Crippen molar-refractivity contribution >= 4 is 17.3 Å². The lowest BCUT2D eigenvalue weighted by molar-refractivity contribution is 0.365. The molecule has 7 nitrogen and oxygen atoms in total. The van der Waals surface area contributed by atoms with Crippen molar-refractivity contribution in [1.82, 2.24) is 19.9 Å². The number of hydrogen-bond donors (Lipinski definition) is 1. The van der Waals surface area contributed by atoms with E-state index in [9.17, 15) is 0 Å². The quantitative estimate of drug-likeness (QED) is 0.794. The van der Waals surface area contributed by atoms with Gasteiger partial charge in [-0.05, 0) is 18.2 Å². The molecule has 0 bridgehead atoms. The Kier molecular flexibility index (Phi) is 3.49. The Morgan fingerprint density at radius 1 is 1.43 bits per heavy atom. The molecule has 0 aliphatic heterocycles. The van der Waals surface area contributed by atoms with Crippen molar-refractivity contribution in [3.8, 4) is 17.1 Å². The summed E-state index contributed by atoms with van der Waals surface area (Å²) in [6.45, 7) is 0.347. The van der Waals surface area contributed by atoms with E-state index in [0.29, 0.717) is 40.3 Å². The molecule has 0 amide bonds. The van der Waals surface area contributed by atoms with Crippen molar-refractivity contribution < 1.29 is 9.26 Å². The second-order valence-electron chi connectivity index (χ2n) is 4.33. The maximum atomic E-state index is 5.93. The number of aromatic nitrogens is 4. The monoisotopic (exact) mass is 305 g/mol. The average Bonchev–Trinajstić information content (AvgIpc) is 3.08. The lowest BCUT2D eigenvalue weighted by Crippen LogP contribution is -2.00. The number of rotatable bonds is 4. The summed E-state index contributed by atoms with van der Waals surface area (Å²) in [5.74, 6) is 1.43. The molecule has 8 heteroatoms. The number of methoxy groups -OCH3 is 1. The van der Waals surface area contributed by atoms with Gasteiger partial charge in [-0.1, -0.05) is 16.8 Å². The summed E-state index contributed by atoms with van der Waals surface area (Å²) in [5.41, 5.74) is 6.88. The first-order chi connectivity index (χ1) is 10.2. The predicted octanol–water partition coefficient (Wildman–Crippen LogP) is 2.23. The molecule has 1 aromatic carbocycles. The summed E-state index contributed by atoms with van der Waals surface area (Å²) in [6, 6.07) is 5.21. The summed E-state index contributed by atoms with van der Waals surface area (Å²) < 4.78 is 12.1. The summed E-state index contributed by atoms with van der Waals surface area (Å²) in [5, 5.41) is 8.58. The van der Waals surface area contributed by atoms with Crippen LogP contribution in [0.2, 0.25) is 5.02 Å². The number of hydrogen-bond acceptors (Lipinski definition) is 6. The van der Waals surface area contributed by atoms with Crippen LogP contribution in [-0.4, -0.2) is 27.0 Å². The van der Waals surface area contributed by atoms with E-state index in [1.807, 2.05) is 0 Å². The minimum atomic E-state index is 0.347. The highest BCUT2D eigenvalue weighted by molar-refractivity contribution is 6.30. The van der Waals surface area contributed by atoms with Crippen LogP contribution in [0.15, 0.2) is 35.1 Å². The molecule has 0 radical (unpaired) electrons. The van der Waals surface area contributed by atoms with E-state index in [-0.39, 0.29) is 0 Å². The third kappa shape index (κ3) is 2.82. The Morgan fingerprint density at radius 3 is 3.00 bits per heavy atom. The summed E-state index contributed by atoms with van der Waals surface area (Å²) >= 11 is 5.93. The number of ether oxygens (including phenoxy) is 1. The first-order valence-corrected chi connectivity index (χ1v) is 6.48. The van der Waals surface area contributed by atoms with Gasteiger partial charge < -0.3 is 15.0 Å². The number of anilines is 1. The van der Waals surface area contributed by atoms with Crippen LogP contribution in [0.1, 0.15) is 5.89 Å². The molecular weight excluding hydrogens is 294 g/mol. The largest absolute Gasteiger partial charge is 0.496 e. The van der Waals surface area contributed by atoms with Gasteiger partial charge in [0.1, 0.15) is 12.3 Å². The van der Waals surface area contributed by atoms with Gasteiger partial charge in [-0.2, -0.15) is 10.1 Å². The van der Waals surface area contributed by atoms with Crippen molar-refractivity contribution in [2.75, 3.05) is 12.8 Å². The lowest BCUT2D eigenvalue weighted by Gasteiger charge is -2.04. The van der Waals surface area contributed by atoms with Crippen molar-refractivity contribution in [2.24, 2.45) is 0 Å². The lowest BCUT2D eigenvalue weighted by atomic mass is 10.2. The van der Waals surface area contributed by atoms with Crippen LogP contribution in [0.5, 0.6) is 5.75 Å². The Bertz CT molecular complexity index is 768. The average molecular weight is 306 g/mol. The molecule has 0 aliphatic rings. The fourth-order valence-electron chi connectivity index (χ4n) is 1.88. The van der Waals surface area contributed by atoms with Gasteiger partial charge in [-0.3, -0.25) is 4.68 Å². The molecule has 3 aromatic rings. The second-order valence-corrected chi connectivity index (χ2v) is 4.76. The molecule has 3 rings (SSSR count). The smallest absolute Gasteiger partial charge is 0.248 e. The normalized spacial score (nSPS) is 10.8. The Balaban J connectivity index is 1.88. The molecule has 0 aliphatic carbocycles. The first kappa shape index (κ1) is 13.4. The van der Waals surface area contributed by atoms with E-state index in [2.05, 4.69) is 15.2 Å². The van der Waals surface area contributed by atoms with Gasteiger partial charge in [0, 0.05) is 11.2 Å². The summed E-state index contributed by atoms with van der Waals surface area (Å²) in [6.07, 6.45) is 3.24. The Morgan fingerprint density at radius 2 is 2.29 bits per heavy atom. The molecule has 108 valence electrons. The molecule has 21 heavy (non-hydrogen) atoms. The SMILES string of the molecule is COc1cc(Cl)ccc1-c1noc(Cn2cc(N)cn2)n1. The number of halogens is 1. The van der Waals surface area contributed by atoms with E-state index in [1.54, 1.807) is 42.4 Å². The van der Waals surface area contributed by atoms with E-state index < -0.39 is 0 Å². The minimum absolute atomic E-state index is 0.347. The second kappa shape index (κ2) is 5.45. The van der Waals surface area contributed by atoms with E-state index in [0.717, 1.165) is 0 Å². The highest BCUT2D eigenvalue weighted by atomic mass is 35.5. The number of nitrogens with zero attached hydrogens (tertiary/aromatic N) is 4. The first-order valence-electron chi connectivity index (χ1n) is 6.10. The van der Waals surface area contributed by atoms with Crippen LogP contribution in [0.25, 0.3) is 11.4 Å². The van der Waals surface area contributed by atoms with E-state index in [4.69, 9.17) is 26.6 Å². The van der Waals surface area contributed by atoms with Crippen LogP contribution < -0.4 is 10.5 Å². The third-order valence-corrected chi connectivity index (χ3v) is 3.06. The molecule has 0 atom stereocenters. The molecule has 2 heterocycles. The summed E-state index contributed by atoms with van der Waals surface area (Å²) in [7, 11) is 1.56. The fourth-order valence-corrected chi connectivity index (χ4v) is 2.04. The Hall–Kier alpha value is -2.54. The highest BCUT2D eigenvalue weighted by Crippen LogP contribution is 2.30. The minimum Gasteiger partial charge on any atom is -0.496 e. The maximum absolute atomic E-state index is 5.93. The van der Waals surface area contributed by atoms with Gasteiger partial charge in [-0.25, -0.2) is 0 Å². The van der Waals surface area contributed by atoms with Crippen molar-refractivity contribution in [2.45, 2.75) is 6.54 Å². The van der Waals surface area contributed by atoms with Crippen molar-refractivity contribution in [3.63, 3.8) is 0 Å². The predicted molar refractivity (Wildman–Crippen MR) is 77.0 cm³/mol. The molecule has 0 unspecified atom stereocenters. The molecule has 2 N–H and O–H groups in total. The van der Waals surface area contributed by atoms with Gasteiger partial charge in [0.2, 0.25) is 11.7 Å².